The molecule has 390 valence electrons. The second-order valence-corrected chi connectivity index (χ2v) is 21.9. The topological polar surface area (TPSA) is 320 Å². The molecule has 0 amide bonds. The van der Waals surface area contributed by atoms with Crippen molar-refractivity contribution in [2.45, 2.75) is 230 Å². The number of esters is 2. The summed E-state index contributed by atoms with van der Waals surface area (Å²) in [6.07, 6.45) is 9.24. The second kappa shape index (κ2) is 36.1. The van der Waals surface area contributed by atoms with Gasteiger partial charge in [0.15, 0.2) is 11.2 Å². The fraction of sp³-hybridized carbons (Fsp3) is 0.929. The molecule has 20 nitrogen and oxygen atoms in total. The molecule has 0 spiro atoms. The first-order valence-electron chi connectivity index (χ1n) is 23.9. The van der Waals surface area contributed by atoms with Crippen LogP contribution in [-0.2, 0) is 55.6 Å². The Balaban J connectivity index is 2.71. The summed E-state index contributed by atoms with van der Waals surface area (Å²) < 4.78 is 65.4. The van der Waals surface area contributed by atoms with E-state index in [1.54, 1.807) is 0 Å². The molecule has 8 N–H and O–H groups in total. The number of rotatable bonds is 41. The predicted molar refractivity (Wildman–Crippen MR) is 247 cm³/mol. The number of phosphoric acid groups is 3. The van der Waals surface area contributed by atoms with Gasteiger partial charge in [-0.2, -0.15) is 0 Å². The number of thioether (sulfide) groups is 1. The van der Waals surface area contributed by atoms with Gasteiger partial charge in [-0.25, -0.2) is 13.7 Å². The van der Waals surface area contributed by atoms with Crippen LogP contribution in [0.5, 0.6) is 0 Å². The lowest BCUT2D eigenvalue weighted by Gasteiger charge is -2.44. The van der Waals surface area contributed by atoms with Gasteiger partial charge in [-0.1, -0.05) is 154 Å². The van der Waals surface area contributed by atoms with Crippen LogP contribution in [0.1, 0.15) is 187 Å². The molecule has 8 atom stereocenters. The van der Waals surface area contributed by atoms with E-state index in [4.69, 9.17) is 18.5 Å². The van der Waals surface area contributed by atoms with E-state index in [2.05, 4.69) is 16.0 Å². The SMILES string of the molecule is CCCCCCCCCCCCCCCC(=O)O[C@H](COC(=O)CCCCCCCCCCCCSC(=O)CCC)COP(=O)(O)OC1C(O)[C@@H](O)C(OP(=O)(O)O)[C@@H](OP(=O)(O)O)[C@H]1O. The molecule has 0 radical (unpaired) electrons. The molecule has 0 aromatic carbocycles. The van der Waals surface area contributed by atoms with Gasteiger partial charge in [-0.05, 0) is 25.7 Å². The molecule has 1 aliphatic carbocycles. The molecule has 1 aliphatic rings. The van der Waals surface area contributed by atoms with E-state index < -0.39 is 91.3 Å². The minimum Gasteiger partial charge on any atom is -0.462 e. The molecule has 0 heterocycles. The molecular formula is C42H81O20P3S. The van der Waals surface area contributed by atoms with Gasteiger partial charge in [0.1, 0.15) is 43.2 Å². The number of aliphatic hydroxyl groups is 3. The highest BCUT2D eigenvalue weighted by atomic mass is 32.2. The lowest BCUT2D eigenvalue weighted by molar-refractivity contribution is -0.213. The van der Waals surface area contributed by atoms with Crippen molar-refractivity contribution < 1.29 is 95.4 Å². The van der Waals surface area contributed by atoms with Gasteiger partial charge in [0.2, 0.25) is 0 Å². The summed E-state index contributed by atoms with van der Waals surface area (Å²) in [6.45, 7) is 2.70. The Hall–Kier alpha value is -0.830. The van der Waals surface area contributed by atoms with Gasteiger partial charge in [-0.15, -0.1) is 0 Å². The number of carbonyl (C=O) groups is 3. The van der Waals surface area contributed by atoms with Crippen LogP contribution < -0.4 is 0 Å². The average Bonchev–Trinajstić information content (AvgIpc) is 3.23. The molecule has 1 rings (SSSR count). The second-order valence-electron chi connectivity index (χ2n) is 17.0. The third-order valence-electron chi connectivity index (χ3n) is 10.9. The van der Waals surface area contributed by atoms with Crippen LogP contribution in [0.15, 0.2) is 0 Å². The third-order valence-corrected chi connectivity index (χ3v) is 14.0. The zero-order valence-corrected chi connectivity index (χ0v) is 42.5. The minimum atomic E-state index is -5.60. The summed E-state index contributed by atoms with van der Waals surface area (Å²) in [4.78, 5) is 84.7. The monoisotopic (exact) mass is 1030 g/mol. The maximum absolute atomic E-state index is 13.1. The predicted octanol–water partition coefficient (Wildman–Crippen LogP) is 7.83. The molecule has 0 aromatic heterocycles. The molecule has 1 saturated carbocycles. The number of phosphoric ester groups is 3. The van der Waals surface area contributed by atoms with Gasteiger partial charge in [0.05, 0.1) is 6.61 Å². The molecule has 4 unspecified atom stereocenters. The third kappa shape index (κ3) is 32.1. The number of hydrogen-bond donors (Lipinski definition) is 8. The molecule has 1 fully saturated rings. The summed E-state index contributed by atoms with van der Waals surface area (Å²) >= 11 is 1.43. The lowest BCUT2D eigenvalue weighted by Crippen LogP contribution is -2.65. The summed E-state index contributed by atoms with van der Waals surface area (Å²) in [5, 5.41) is 32.1. The van der Waals surface area contributed by atoms with Crippen LogP contribution >= 0.6 is 35.2 Å². The maximum atomic E-state index is 13.1. The smallest absolute Gasteiger partial charge is 0.462 e. The van der Waals surface area contributed by atoms with E-state index in [-0.39, 0.29) is 18.0 Å². The molecule has 0 aliphatic heterocycles. The van der Waals surface area contributed by atoms with Crippen molar-refractivity contribution in [3.8, 4) is 0 Å². The lowest BCUT2D eigenvalue weighted by atomic mass is 9.85. The van der Waals surface area contributed by atoms with Gasteiger partial charge >= 0.3 is 35.4 Å². The van der Waals surface area contributed by atoms with Crippen molar-refractivity contribution in [1.82, 2.24) is 0 Å². The molecular weight excluding hydrogens is 949 g/mol. The van der Waals surface area contributed by atoms with Crippen LogP contribution in [0.3, 0.4) is 0 Å². The average molecular weight is 1030 g/mol. The van der Waals surface area contributed by atoms with Crippen LogP contribution in [0.4, 0.5) is 0 Å². The van der Waals surface area contributed by atoms with Crippen LogP contribution in [-0.4, -0.2) is 119 Å². The normalized spacial score (nSPS) is 21.6. The van der Waals surface area contributed by atoms with Gasteiger partial charge < -0.3 is 49.3 Å². The number of aliphatic hydroxyl groups excluding tert-OH is 3. The quantitative estimate of drug-likeness (QED) is 0.0164. The zero-order chi connectivity index (χ0) is 49.4. The van der Waals surface area contributed by atoms with Crippen molar-refractivity contribution in [2.24, 2.45) is 0 Å². The summed E-state index contributed by atoms with van der Waals surface area (Å²) in [7, 11) is -16.6. The van der Waals surface area contributed by atoms with Crippen LogP contribution in [0.25, 0.3) is 0 Å². The van der Waals surface area contributed by atoms with Crippen molar-refractivity contribution in [3.05, 3.63) is 0 Å². The van der Waals surface area contributed by atoms with E-state index in [1.807, 2.05) is 6.92 Å². The van der Waals surface area contributed by atoms with Crippen LogP contribution in [0.2, 0.25) is 0 Å². The van der Waals surface area contributed by atoms with Gasteiger partial charge in [0, 0.05) is 25.0 Å². The first-order chi connectivity index (χ1) is 31.2. The van der Waals surface area contributed by atoms with Gasteiger partial charge in [-0.3, -0.25) is 32.5 Å². The largest absolute Gasteiger partial charge is 0.472 e. The maximum Gasteiger partial charge on any atom is 0.472 e. The summed E-state index contributed by atoms with van der Waals surface area (Å²) in [6, 6.07) is 0. The highest BCUT2D eigenvalue weighted by molar-refractivity contribution is 8.13. The number of ether oxygens (including phenoxy) is 2. The Labute approximate surface area is 395 Å². The standard InChI is InChI=1S/C42H81O20P3S/c1-3-5-6-7-8-9-10-11-12-16-19-22-25-29-35(44)59-33(31-57-34(43)28-24-21-18-15-13-14-17-20-23-26-30-66-36(45)27-4-2)32-58-65(55,56)62-40-37(46)38(47)41(60-63(49,50)51)42(39(40)48)61-64(52,53)54/h33,37-42,46-48H,3-32H2,1-2H3,(H,55,56)(H2,49,50,51)(H2,52,53,54)/t33-,37?,38-,39+,40?,41?,42+/m1/s1. The molecule has 0 bridgehead atoms. The van der Waals surface area contributed by atoms with Crippen molar-refractivity contribution in [3.63, 3.8) is 0 Å². The Morgan fingerprint density at radius 1 is 0.485 bits per heavy atom. The molecule has 0 aromatic rings. The molecule has 66 heavy (non-hydrogen) atoms. The van der Waals surface area contributed by atoms with E-state index in [0.717, 1.165) is 102 Å². The van der Waals surface area contributed by atoms with E-state index >= 15 is 0 Å². The Morgan fingerprint density at radius 3 is 1.35 bits per heavy atom. The van der Waals surface area contributed by atoms with Crippen molar-refractivity contribution in [2.75, 3.05) is 19.0 Å². The molecule has 0 saturated heterocycles. The summed E-state index contributed by atoms with van der Waals surface area (Å²) in [5.74, 6) is -0.443. The minimum absolute atomic E-state index is 0.00685. The molecule has 24 heteroatoms. The first-order valence-corrected chi connectivity index (χ1v) is 29.4. The summed E-state index contributed by atoms with van der Waals surface area (Å²) in [5.41, 5.74) is 0. The van der Waals surface area contributed by atoms with Gasteiger partial charge in [0.25, 0.3) is 0 Å². The number of hydrogen-bond acceptors (Lipinski definition) is 16. The van der Waals surface area contributed by atoms with E-state index in [0.29, 0.717) is 19.3 Å². The fourth-order valence-electron chi connectivity index (χ4n) is 7.37. The Morgan fingerprint density at radius 2 is 0.894 bits per heavy atom. The zero-order valence-electron chi connectivity index (χ0n) is 39.0. The van der Waals surface area contributed by atoms with Crippen LogP contribution in [0, 0.1) is 0 Å². The fourth-order valence-corrected chi connectivity index (χ4v) is 10.4. The van der Waals surface area contributed by atoms with Crippen molar-refractivity contribution >= 4 is 52.3 Å². The highest BCUT2D eigenvalue weighted by Crippen LogP contribution is 2.51. The van der Waals surface area contributed by atoms with E-state index in [9.17, 15) is 67.9 Å². The Bertz CT molecular complexity index is 1470. The number of unbranched alkanes of at least 4 members (excludes halogenated alkanes) is 21. The number of carbonyl (C=O) groups excluding carboxylic acids is 3. The highest BCUT2D eigenvalue weighted by Gasteiger charge is 2.56. The first kappa shape index (κ1) is 63.2. The van der Waals surface area contributed by atoms with E-state index in [1.165, 1.54) is 56.7 Å². The van der Waals surface area contributed by atoms with Crippen molar-refractivity contribution in [1.29, 1.82) is 0 Å². The Kier molecular flexibility index (Phi) is 34.6.